The van der Waals surface area contributed by atoms with Gasteiger partial charge in [0.15, 0.2) is 5.75 Å². The van der Waals surface area contributed by atoms with Crippen LogP contribution in [0.1, 0.15) is 12.0 Å². The summed E-state index contributed by atoms with van der Waals surface area (Å²) in [4.78, 5) is 10.5. The van der Waals surface area contributed by atoms with Crippen LogP contribution in [-0.4, -0.2) is 30.8 Å². The van der Waals surface area contributed by atoms with Gasteiger partial charge in [-0.3, -0.25) is 10.1 Å². The van der Waals surface area contributed by atoms with Crippen molar-refractivity contribution in [2.45, 2.75) is 18.4 Å². The monoisotopic (exact) mass is 252 g/mol. The van der Waals surface area contributed by atoms with Gasteiger partial charge in [0, 0.05) is 18.2 Å². The Balaban J connectivity index is 2.24. The number of benzene rings is 1. The lowest BCUT2D eigenvalue weighted by molar-refractivity contribution is -0.385. The molecule has 2 N–H and O–H groups in total. The molecule has 1 atom stereocenters. The molecule has 1 saturated heterocycles. The van der Waals surface area contributed by atoms with E-state index < -0.39 is 10.5 Å². The molecule has 1 heterocycles. The summed E-state index contributed by atoms with van der Waals surface area (Å²) in [7, 11) is 1.41. The third-order valence-corrected chi connectivity index (χ3v) is 3.13. The van der Waals surface area contributed by atoms with Crippen molar-refractivity contribution < 1.29 is 14.4 Å². The van der Waals surface area contributed by atoms with Crippen molar-refractivity contribution in [1.82, 2.24) is 0 Å². The zero-order valence-corrected chi connectivity index (χ0v) is 10.2. The number of hydrogen-bond acceptors (Lipinski definition) is 5. The molecule has 1 aliphatic rings. The minimum Gasteiger partial charge on any atom is -0.490 e. The van der Waals surface area contributed by atoms with Gasteiger partial charge in [0.05, 0.1) is 18.6 Å². The van der Waals surface area contributed by atoms with Crippen LogP contribution in [0.2, 0.25) is 0 Å². The average Bonchev–Trinajstić information content (AvgIpc) is 2.75. The second kappa shape index (κ2) is 4.91. The Bertz CT molecular complexity index is 455. The predicted molar refractivity (Wildman–Crippen MR) is 65.7 cm³/mol. The van der Waals surface area contributed by atoms with Gasteiger partial charge in [0.2, 0.25) is 0 Å². The molecule has 1 fully saturated rings. The third-order valence-electron chi connectivity index (χ3n) is 3.13. The van der Waals surface area contributed by atoms with E-state index in [1.165, 1.54) is 13.2 Å². The minimum absolute atomic E-state index is 0.0301. The molecule has 0 spiro atoms. The summed E-state index contributed by atoms with van der Waals surface area (Å²) in [6.07, 6.45) is 1.34. The first-order chi connectivity index (χ1) is 8.54. The topological polar surface area (TPSA) is 87.6 Å². The average molecular weight is 252 g/mol. The van der Waals surface area contributed by atoms with Crippen LogP contribution in [0.5, 0.6) is 5.75 Å². The number of nitro groups is 1. The SMILES string of the molecule is COc1ccc(CC2(N)CCOC2)cc1[N+](=O)[O-]. The summed E-state index contributed by atoms with van der Waals surface area (Å²) in [5.74, 6) is 0.262. The second-order valence-electron chi connectivity index (χ2n) is 4.61. The highest BCUT2D eigenvalue weighted by Gasteiger charge is 2.31. The molecule has 0 aromatic heterocycles. The van der Waals surface area contributed by atoms with Gasteiger partial charge in [-0.25, -0.2) is 0 Å². The first-order valence-electron chi connectivity index (χ1n) is 5.72. The van der Waals surface area contributed by atoms with Crippen molar-refractivity contribution in [3.05, 3.63) is 33.9 Å². The molecule has 0 aliphatic carbocycles. The van der Waals surface area contributed by atoms with Crippen LogP contribution >= 0.6 is 0 Å². The summed E-state index contributed by atoms with van der Waals surface area (Å²) < 4.78 is 10.2. The molecule has 1 aromatic rings. The van der Waals surface area contributed by atoms with Crippen molar-refractivity contribution in [2.24, 2.45) is 5.73 Å². The summed E-state index contributed by atoms with van der Waals surface area (Å²) in [6.45, 7) is 1.14. The van der Waals surface area contributed by atoms with Gasteiger partial charge in [-0.05, 0) is 24.5 Å². The molecule has 0 bridgehead atoms. The lowest BCUT2D eigenvalue weighted by atomic mass is 9.91. The molecular formula is C12H16N2O4. The van der Waals surface area contributed by atoms with E-state index in [4.69, 9.17) is 15.2 Å². The Morgan fingerprint density at radius 1 is 1.61 bits per heavy atom. The molecule has 1 aromatic carbocycles. The number of rotatable bonds is 4. The zero-order valence-electron chi connectivity index (χ0n) is 10.2. The van der Waals surface area contributed by atoms with Gasteiger partial charge in [-0.15, -0.1) is 0 Å². The van der Waals surface area contributed by atoms with Gasteiger partial charge < -0.3 is 15.2 Å². The van der Waals surface area contributed by atoms with Crippen molar-refractivity contribution in [3.63, 3.8) is 0 Å². The predicted octanol–water partition coefficient (Wildman–Crippen LogP) is 1.26. The van der Waals surface area contributed by atoms with E-state index in [1.807, 2.05) is 0 Å². The van der Waals surface area contributed by atoms with Gasteiger partial charge >= 0.3 is 5.69 Å². The van der Waals surface area contributed by atoms with Gasteiger partial charge in [0.25, 0.3) is 0 Å². The highest BCUT2D eigenvalue weighted by Crippen LogP contribution is 2.30. The van der Waals surface area contributed by atoms with Crippen molar-refractivity contribution in [3.8, 4) is 5.75 Å². The normalized spacial score (nSPS) is 23.0. The fraction of sp³-hybridized carbons (Fsp3) is 0.500. The maximum absolute atomic E-state index is 10.9. The van der Waals surface area contributed by atoms with Crippen LogP contribution in [0.4, 0.5) is 5.69 Å². The first-order valence-corrected chi connectivity index (χ1v) is 5.72. The summed E-state index contributed by atoms with van der Waals surface area (Å²) in [5, 5.41) is 10.9. The van der Waals surface area contributed by atoms with E-state index in [9.17, 15) is 10.1 Å². The maximum atomic E-state index is 10.9. The van der Waals surface area contributed by atoms with Crippen molar-refractivity contribution in [2.75, 3.05) is 20.3 Å². The fourth-order valence-corrected chi connectivity index (χ4v) is 2.16. The van der Waals surface area contributed by atoms with E-state index in [-0.39, 0.29) is 11.4 Å². The van der Waals surface area contributed by atoms with Gasteiger partial charge in [0.1, 0.15) is 0 Å². The van der Waals surface area contributed by atoms with Gasteiger partial charge in [-0.2, -0.15) is 0 Å². The van der Waals surface area contributed by atoms with E-state index >= 15 is 0 Å². The number of methoxy groups -OCH3 is 1. The number of hydrogen-bond donors (Lipinski definition) is 1. The Labute approximate surface area is 105 Å². The molecule has 0 radical (unpaired) electrons. The van der Waals surface area contributed by atoms with Gasteiger partial charge in [-0.1, -0.05) is 6.07 Å². The van der Waals surface area contributed by atoms with Crippen LogP contribution in [0, 0.1) is 10.1 Å². The summed E-state index contributed by atoms with van der Waals surface area (Å²) in [5.41, 5.74) is 6.55. The van der Waals surface area contributed by atoms with Crippen LogP contribution in [-0.2, 0) is 11.2 Å². The molecule has 0 saturated carbocycles. The molecular weight excluding hydrogens is 236 g/mol. The Morgan fingerprint density at radius 2 is 2.39 bits per heavy atom. The molecule has 6 nitrogen and oxygen atoms in total. The van der Waals surface area contributed by atoms with Crippen molar-refractivity contribution >= 4 is 5.69 Å². The quantitative estimate of drug-likeness (QED) is 0.644. The number of ether oxygens (including phenoxy) is 2. The second-order valence-corrected chi connectivity index (χ2v) is 4.61. The van der Waals surface area contributed by atoms with Crippen LogP contribution in [0.3, 0.4) is 0 Å². The molecule has 6 heteroatoms. The zero-order chi connectivity index (χ0) is 13.2. The lowest BCUT2D eigenvalue weighted by Gasteiger charge is -2.21. The minimum atomic E-state index is -0.448. The number of nitrogens with two attached hydrogens (primary N) is 1. The number of nitrogens with zero attached hydrogens (tertiary/aromatic N) is 1. The smallest absolute Gasteiger partial charge is 0.311 e. The maximum Gasteiger partial charge on any atom is 0.311 e. The Morgan fingerprint density at radius 3 is 2.94 bits per heavy atom. The molecule has 1 unspecified atom stereocenters. The lowest BCUT2D eigenvalue weighted by Crippen LogP contribution is -2.42. The van der Waals surface area contributed by atoms with Crippen molar-refractivity contribution in [1.29, 1.82) is 0 Å². The largest absolute Gasteiger partial charge is 0.490 e. The molecule has 98 valence electrons. The molecule has 0 amide bonds. The van der Waals surface area contributed by atoms with Crippen LogP contribution in [0.15, 0.2) is 18.2 Å². The summed E-state index contributed by atoms with van der Waals surface area (Å²) >= 11 is 0. The highest BCUT2D eigenvalue weighted by molar-refractivity contribution is 5.49. The molecule has 1 aliphatic heterocycles. The van der Waals surface area contributed by atoms with E-state index in [0.717, 1.165) is 12.0 Å². The highest BCUT2D eigenvalue weighted by atomic mass is 16.6. The van der Waals surface area contributed by atoms with E-state index in [1.54, 1.807) is 12.1 Å². The van der Waals surface area contributed by atoms with Crippen LogP contribution in [0.25, 0.3) is 0 Å². The first kappa shape index (κ1) is 12.8. The summed E-state index contributed by atoms with van der Waals surface area (Å²) in [6, 6.07) is 4.93. The van der Waals surface area contributed by atoms with Crippen LogP contribution < -0.4 is 10.5 Å². The van der Waals surface area contributed by atoms with E-state index in [0.29, 0.717) is 19.6 Å². The Kier molecular flexibility index (Phi) is 3.49. The standard InChI is InChI=1S/C12H16N2O4/c1-17-11-3-2-9(6-10(11)14(15)16)7-12(13)4-5-18-8-12/h2-3,6H,4-5,7-8,13H2,1H3. The molecule has 2 rings (SSSR count). The van der Waals surface area contributed by atoms with E-state index in [2.05, 4.69) is 0 Å². The molecule has 18 heavy (non-hydrogen) atoms. The Hall–Kier alpha value is -1.66. The fourth-order valence-electron chi connectivity index (χ4n) is 2.16. The third kappa shape index (κ3) is 2.60. The number of nitro benzene ring substituents is 1.